The number of imidazole rings is 1. The summed E-state index contributed by atoms with van der Waals surface area (Å²) in [4.78, 5) is 5.14. The van der Waals surface area contributed by atoms with Crippen molar-refractivity contribution in [3.8, 4) is 39.3 Å². The molecule has 0 saturated heterocycles. The molecule has 10 rings (SSSR count). The van der Waals surface area contributed by atoms with E-state index < -0.39 is 0 Å². The summed E-state index contributed by atoms with van der Waals surface area (Å²) in [6.07, 6.45) is 4.31. The summed E-state index contributed by atoms with van der Waals surface area (Å²) >= 11 is 0. The Labute approximate surface area is 327 Å². The van der Waals surface area contributed by atoms with Crippen molar-refractivity contribution in [1.29, 1.82) is 0 Å². The molecule has 10 aromatic rings. The van der Waals surface area contributed by atoms with Gasteiger partial charge in [-0.25, -0.2) is 4.98 Å². The molecule has 2 nitrogen and oxygen atoms in total. The van der Waals surface area contributed by atoms with Crippen molar-refractivity contribution < 1.29 is 0 Å². The minimum Gasteiger partial charge on any atom is -0.292 e. The maximum atomic E-state index is 5.14. The van der Waals surface area contributed by atoms with Crippen LogP contribution >= 0.6 is 0 Å². The van der Waals surface area contributed by atoms with E-state index in [1.807, 2.05) is 6.07 Å². The van der Waals surface area contributed by atoms with E-state index in [2.05, 4.69) is 212 Å². The molecule has 56 heavy (non-hydrogen) atoms. The number of para-hydroxylation sites is 2. The summed E-state index contributed by atoms with van der Waals surface area (Å²) in [6, 6.07) is 67.5. The molecule has 0 aliphatic heterocycles. The Bertz CT molecular complexity index is 3150. The maximum absolute atomic E-state index is 5.14. The number of nitrogens with zero attached hydrogens (tertiary/aromatic N) is 2. The second kappa shape index (κ2) is 13.8. The number of aryl methyl sites for hydroxylation is 1. The van der Waals surface area contributed by atoms with Gasteiger partial charge in [-0.05, 0) is 120 Å². The van der Waals surface area contributed by atoms with Crippen LogP contribution in [0.15, 0.2) is 201 Å². The van der Waals surface area contributed by atoms with Crippen molar-refractivity contribution in [3.63, 3.8) is 0 Å². The van der Waals surface area contributed by atoms with Crippen molar-refractivity contribution in [3.05, 3.63) is 217 Å². The smallest absolute Gasteiger partial charge is 0.145 e. The fourth-order valence-corrected chi connectivity index (χ4v) is 8.26. The standard InChI is InChI=1S/C54H38N2/c1-36-13-12-18-45(33-36)56-51-22-11-10-21-50(51)55-54(56)41-28-25-40(26-29-41)43-31-32-48-49(35-43)53(44-30-27-39-16-6-7-17-42(39)34-44)47-20-9-8-19-46(47)52(48)37(2)23-24-38-14-4-3-5-15-38/h3-35H,2H2,1H3/b24-23-. The van der Waals surface area contributed by atoms with Crippen molar-refractivity contribution in [2.24, 2.45) is 0 Å². The molecular weight excluding hydrogens is 677 g/mol. The molecule has 0 spiro atoms. The van der Waals surface area contributed by atoms with Gasteiger partial charge in [-0.1, -0.05) is 170 Å². The topological polar surface area (TPSA) is 17.8 Å². The van der Waals surface area contributed by atoms with Crippen molar-refractivity contribution in [2.45, 2.75) is 6.92 Å². The monoisotopic (exact) mass is 714 g/mol. The van der Waals surface area contributed by atoms with Gasteiger partial charge < -0.3 is 0 Å². The van der Waals surface area contributed by atoms with Crippen LogP contribution in [0.4, 0.5) is 0 Å². The molecule has 0 unspecified atom stereocenters. The van der Waals surface area contributed by atoms with Crippen LogP contribution in [0.1, 0.15) is 16.7 Å². The number of hydrogen-bond acceptors (Lipinski definition) is 1. The highest BCUT2D eigenvalue weighted by atomic mass is 15.1. The Morgan fingerprint density at radius 3 is 2.04 bits per heavy atom. The molecule has 0 saturated carbocycles. The van der Waals surface area contributed by atoms with Crippen LogP contribution in [0.3, 0.4) is 0 Å². The van der Waals surface area contributed by atoms with E-state index in [4.69, 9.17) is 4.98 Å². The molecule has 0 N–H and O–H groups in total. The maximum Gasteiger partial charge on any atom is 0.145 e. The Morgan fingerprint density at radius 1 is 0.518 bits per heavy atom. The minimum atomic E-state index is 0.929. The Morgan fingerprint density at radius 2 is 1.20 bits per heavy atom. The van der Waals surface area contributed by atoms with Gasteiger partial charge in [0.05, 0.1) is 11.0 Å². The number of fused-ring (bicyclic) bond motifs is 4. The zero-order chi connectivity index (χ0) is 37.6. The minimum absolute atomic E-state index is 0.929. The van der Waals surface area contributed by atoms with E-state index >= 15 is 0 Å². The van der Waals surface area contributed by atoms with Gasteiger partial charge in [0.15, 0.2) is 0 Å². The lowest BCUT2D eigenvalue weighted by molar-refractivity contribution is 1.10. The van der Waals surface area contributed by atoms with E-state index in [1.54, 1.807) is 0 Å². The number of allylic oxidation sites excluding steroid dienone is 2. The average Bonchev–Trinajstić information content (AvgIpc) is 3.64. The average molecular weight is 715 g/mol. The molecule has 1 aromatic heterocycles. The van der Waals surface area contributed by atoms with Gasteiger partial charge in [-0.3, -0.25) is 4.57 Å². The molecule has 2 heteroatoms. The molecule has 264 valence electrons. The van der Waals surface area contributed by atoms with Crippen LogP contribution in [0, 0.1) is 6.92 Å². The molecular formula is C54H38N2. The van der Waals surface area contributed by atoms with Crippen LogP contribution in [-0.4, -0.2) is 9.55 Å². The summed E-state index contributed by atoms with van der Waals surface area (Å²) in [5.41, 5.74) is 13.5. The van der Waals surface area contributed by atoms with Crippen molar-refractivity contribution in [1.82, 2.24) is 9.55 Å². The second-order valence-corrected chi connectivity index (χ2v) is 14.6. The Kier molecular flexibility index (Phi) is 8.23. The normalized spacial score (nSPS) is 11.7. The highest BCUT2D eigenvalue weighted by Gasteiger charge is 2.19. The summed E-state index contributed by atoms with van der Waals surface area (Å²) in [6.45, 7) is 6.79. The number of aromatic nitrogens is 2. The van der Waals surface area contributed by atoms with E-state index in [-0.39, 0.29) is 0 Å². The molecule has 0 fully saturated rings. The van der Waals surface area contributed by atoms with Gasteiger partial charge in [0, 0.05) is 11.3 Å². The van der Waals surface area contributed by atoms with Crippen LogP contribution in [0.5, 0.6) is 0 Å². The molecule has 0 bridgehead atoms. The van der Waals surface area contributed by atoms with E-state index in [9.17, 15) is 0 Å². The number of rotatable bonds is 7. The zero-order valence-corrected chi connectivity index (χ0v) is 31.2. The molecule has 0 amide bonds. The van der Waals surface area contributed by atoms with Gasteiger partial charge in [0.25, 0.3) is 0 Å². The second-order valence-electron chi connectivity index (χ2n) is 14.6. The molecule has 1 heterocycles. The number of benzene rings is 9. The molecule has 0 radical (unpaired) electrons. The van der Waals surface area contributed by atoms with Crippen LogP contribution in [-0.2, 0) is 0 Å². The predicted molar refractivity (Wildman–Crippen MR) is 239 cm³/mol. The SMILES string of the molecule is C=C(/C=C\c1ccccc1)c1c2ccccc2c(-c2ccc3ccccc3c2)c2cc(-c3ccc(-c4nc5ccccc5n4-c4cccc(C)c4)cc3)ccc12. The van der Waals surface area contributed by atoms with Gasteiger partial charge >= 0.3 is 0 Å². The lowest BCUT2D eigenvalue weighted by Crippen LogP contribution is -1.98. The highest BCUT2D eigenvalue weighted by molar-refractivity contribution is 6.20. The first-order valence-electron chi connectivity index (χ1n) is 19.1. The van der Waals surface area contributed by atoms with E-state index in [0.717, 1.165) is 55.9 Å². The fourth-order valence-electron chi connectivity index (χ4n) is 8.26. The van der Waals surface area contributed by atoms with Gasteiger partial charge in [-0.2, -0.15) is 0 Å². The lowest BCUT2D eigenvalue weighted by Gasteiger charge is -2.19. The lowest BCUT2D eigenvalue weighted by atomic mass is 9.84. The third-order valence-corrected chi connectivity index (χ3v) is 11.0. The summed E-state index contributed by atoms with van der Waals surface area (Å²) in [5, 5.41) is 7.25. The largest absolute Gasteiger partial charge is 0.292 e. The summed E-state index contributed by atoms with van der Waals surface area (Å²) < 4.78 is 2.27. The first-order valence-corrected chi connectivity index (χ1v) is 19.1. The van der Waals surface area contributed by atoms with E-state index in [1.165, 1.54) is 49.0 Å². The molecule has 9 aromatic carbocycles. The van der Waals surface area contributed by atoms with Crippen LogP contribution < -0.4 is 0 Å². The quantitative estimate of drug-likeness (QED) is 0.119. The fraction of sp³-hybridized carbons (Fsp3) is 0.0185. The van der Waals surface area contributed by atoms with Gasteiger partial charge in [-0.15, -0.1) is 0 Å². The first-order chi connectivity index (χ1) is 27.6. The Hall–Kier alpha value is -7.29. The molecule has 0 aliphatic carbocycles. The summed E-state index contributed by atoms with van der Waals surface area (Å²) in [5.74, 6) is 0.929. The predicted octanol–water partition coefficient (Wildman–Crippen LogP) is 14.5. The molecule has 0 atom stereocenters. The Balaban J connectivity index is 1.15. The van der Waals surface area contributed by atoms with E-state index in [0.29, 0.717) is 0 Å². The number of hydrogen-bond donors (Lipinski definition) is 0. The van der Waals surface area contributed by atoms with Crippen molar-refractivity contribution >= 4 is 55.0 Å². The van der Waals surface area contributed by atoms with Crippen molar-refractivity contribution in [2.75, 3.05) is 0 Å². The zero-order valence-electron chi connectivity index (χ0n) is 31.2. The van der Waals surface area contributed by atoms with Gasteiger partial charge in [0.2, 0.25) is 0 Å². The highest BCUT2D eigenvalue weighted by Crippen LogP contribution is 2.44. The van der Waals surface area contributed by atoms with Crippen LogP contribution in [0.25, 0.3) is 94.3 Å². The molecule has 0 aliphatic rings. The third-order valence-electron chi connectivity index (χ3n) is 11.0. The van der Waals surface area contributed by atoms with Gasteiger partial charge in [0.1, 0.15) is 5.82 Å². The summed E-state index contributed by atoms with van der Waals surface area (Å²) in [7, 11) is 0. The third kappa shape index (κ3) is 5.89. The van der Waals surface area contributed by atoms with Crippen LogP contribution in [0.2, 0.25) is 0 Å². The first kappa shape index (κ1) is 33.3.